The van der Waals surface area contributed by atoms with Crippen LogP contribution in [-0.4, -0.2) is 23.0 Å². The van der Waals surface area contributed by atoms with Crippen molar-refractivity contribution in [3.8, 4) is 0 Å². The lowest BCUT2D eigenvalue weighted by Gasteiger charge is -2.29. The lowest BCUT2D eigenvalue weighted by atomic mass is 9.95. The maximum atomic E-state index is 12.4. The molecule has 22 heavy (non-hydrogen) atoms. The Kier molecular flexibility index (Phi) is 4.58. The molecule has 1 heterocycles. The van der Waals surface area contributed by atoms with Gasteiger partial charge in [0.25, 0.3) is 11.5 Å². The van der Waals surface area contributed by atoms with E-state index >= 15 is 0 Å². The van der Waals surface area contributed by atoms with Crippen molar-refractivity contribution in [3.05, 3.63) is 46.4 Å². The van der Waals surface area contributed by atoms with Gasteiger partial charge in [-0.15, -0.1) is 12.4 Å². The summed E-state index contributed by atoms with van der Waals surface area (Å²) in [7, 11) is 0. The van der Waals surface area contributed by atoms with Gasteiger partial charge in [0.05, 0.1) is 5.54 Å². The molecule has 0 radical (unpaired) electrons. The first-order valence-electron chi connectivity index (χ1n) is 7.18. The van der Waals surface area contributed by atoms with Crippen LogP contribution in [-0.2, 0) is 0 Å². The number of H-pyrrole nitrogens is 1. The van der Waals surface area contributed by atoms with E-state index in [-0.39, 0.29) is 29.6 Å². The third-order valence-electron chi connectivity index (χ3n) is 4.30. The van der Waals surface area contributed by atoms with Crippen LogP contribution in [0.3, 0.4) is 0 Å². The number of hydrogen-bond donors (Lipinski definition) is 3. The van der Waals surface area contributed by atoms with Crippen molar-refractivity contribution in [1.29, 1.82) is 0 Å². The van der Waals surface area contributed by atoms with Gasteiger partial charge < -0.3 is 16.0 Å². The number of carbonyl (C=O) groups excluding carboxylic acids is 1. The molecule has 2 aromatic rings. The average molecular weight is 322 g/mol. The number of pyridine rings is 1. The maximum absolute atomic E-state index is 12.4. The molecule has 1 amide bonds. The minimum atomic E-state index is -0.403. The van der Waals surface area contributed by atoms with Crippen molar-refractivity contribution < 1.29 is 4.79 Å². The van der Waals surface area contributed by atoms with E-state index in [9.17, 15) is 9.59 Å². The smallest absolute Gasteiger partial charge is 0.268 e. The predicted molar refractivity (Wildman–Crippen MR) is 89.5 cm³/mol. The molecule has 1 aliphatic carbocycles. The van der Waals surface area contributed by atoms with Crippen LogP contribution >= 0.6 is 12.4 Å². The van der Waals surface area contributed by atoms with Crippen LogP contribution in [0.25, 0.3) is 10.8 Å². The summed E-state index contributed by atoms with van der Waals surface area (Å²) in [6.07, 6.45) is 2.17. The minimum Gasteiger partial charge on any atom is -0.344 e. The van der Waals surface area contributed by atoms with Crippen LogP contribution in [0.4, 0.5) is 0 Å². The van der Waals surface area contributed by atoms with Gasteiger partial charge >= 0.3 is 0 Å². The van der Waals surface area contributed by atoms with E-state index in [2.05, 4.69) is 10.3 Å². The number of benzene rings is 1. The Hall–Kier alpha value is -1.85. The first kappa shape index (κ1) is 16.5. The fourth-order valence-electron chi connectivity index (χ4n) is 2.70. The third kappa shape index (κ3) is 3.00. The van der Waals surface area contributed by atoms with E-state index in [0.29, 0.717) is 17.8 Å². The second kappa shape index (κ2) is 6.10. The molecule has 1 atom stereocenters. The van der Waals surface area contributed by atoms with Crippen molar-refractivity contribution in [3.63, 3.8) is 0 Å². The molecule has 1 saturated carbocycles. The Morgan fingerprint density at radius 1 is 1.41 bits per heavy atom. The van der Waals surface area contributed by atoms with E-state index in [1.54, 1.807) is 18.2 Å². The molecule has 1 aliphatic rings. The predicted octanol–water partition coefficient (Wildman–Crippen LogP) is 1.81. The van der Waals surface area contributed by atoms with Gasteiger partial charge in [-0.25, -0.2) is 0 Å². The molecule has 0 aliphatic heterocycles. The highest BCUT2D eigenvalue weighted by Crippen LogP contribution is 2.39. The summed E-state index contributed by atoms with van der Waals surface area (Å²) in [5.41, 5.74) is 5.43. The van der Waals surface area contributed by atoms with Gasteiger partial charge in [0.2, 0.25) is 0 Å². The van der Waals surface area contributed by atoms with Crippen LogP contribution in [0.5, 0.6) is 0 Å². The summed E-state index contributed by atoms with van der Waals surface area (Å²) < 4.78 is 0. The summed E-state index contributed by atoms with van der Waals surface area (Å²) in [5, 5.41) is 4.32. The Balaban J connectivity index is 0.00000176. The van der Waals surface area contributed by atoms with E-state index in [1.807, 2.05) is 19.1 Å². The molecule has 0 saturated heterocycles. The zero-order valence-electron chi connectivity index (χ0n) is 12.4. The maximum Gasteiger partial charge on any atom is 0.268 e. The van der Waals surface area contributed by atoms with Gasteiger partial charge in [-0.1, -0.05) is 18.2 Å². The summed E-state index contributed by atoms with van der Waals surface area (Å²) in [5.74, 6) is 0.149. The Bertz CT molecular complexity index is 754. The van der Waals surface area contributed by atoms with E-state index in [4.69, 9.17) is 5.73 Å². The van der Waals surface area contributed by atoms with Gasteiger partial charge in [-0.2, -0.15) is 0 Å². The number of fused-ring (bicyclic) bond motifs is 1. The van der Waals surface area contributed by atoms with Crippen molar-refractivity contribution >= 4 is 29.1 Å². The number of amides is 1. The quantitative estimate of drug-likeness (QED) is 0.802. The molecule has 4 N–H and O–H groups in total. The number of aromatic nitrogens is 1. The second-order valence-corrected chi connectivity index (χ2v) is 5.95. The summed E-state index contributed by atoms with van der Waals surface area (Å²) in [6.45, 7) is 2.35. The molecular formula is C16H20ClN3O2. The zero-order chi connectivity index (χ0) is 15.0. The normalized spacial score (nSPS) is 16.6. The van der Waals surface area contributed by atoms with Crippen molar-refractivity contribution in [2.45, 2.75) is 25.3 Å². The monoisotopic (exact) mass is 321 g/mol. The van der Waals surface area contributed by atoms with Gasteiger partial charge in [0.15, 0.2) is 0 Å². The van der Waals surface area contributed by atoms with Crippen LogP contribution in [0.15, 0.2) is 35.1 Å². The minimum absolute atomic E-state index is 0. The van der Waals surface area contributed by atoms with Crippen LogP contribution < -0.4 is 16.6 Å². The molecule has 0 spiro atoms. The molecule has 3 rings (SSSR count). The fourth-order valence-corrected chi connectivity index (χ4v) is 2.70. The summed E-state index contributed by atoms with van der Waals surface area (Å²) in [6, 6.07) is 8.91. The summed E-state index contributed by atoms with van der Waals surface area (Å²) >= 11 is 0. The molecule has 6 heteroatoms. The van der Waals surface area contributed by atoms with Gasteiger partial charge in [-0.3, -0.25) is 9.59 Å². The van der Waals surface area contributed by atoms with Crippen molar-refractivity contribution in [2.24, 2.45) is 11.7 Å². The lowest BCUT2D eigenvalue weighted by molar-refractivity contribution is 0.0892. The highest BCUT2D eigenvalue weighted by Gasteiger charge is 2.41. The number of rotatable bonds is 4. The molecule has 1 aromatic heterocycles. The number of aromatic amines is 1. The Morgan fingerprint density at radius 2 is 2.09 bits per heavy atom. The van der Waals surface area contributed by atoms with Gasteiger partial charge in [0.1, 0.15) is 5.69 Å². The van der Waals surface area contributed by atoms with Gasteiger partial charge in [0, 0.05) is 11.9 Å². The van der Waals surface area contributed by atoms with E-state index < -0.39 is 5.54 Å². The zero-order valence-corrected chi connectivity index (χ0v) is 13.2. The number of carbonyl (C=O) groups is 1. The highest BCUT2D eigenvalue weighted by molar-refractivity contribution is 5.96. The molecule has 0 bridgehead atoms. The number of nitrogens with one attached hydrogen (secondary N) is 2. The average Bonchev–Trinajstić information content (AvgIpc) is 3.32. The molecule has 5 nitrogen and oxygen atoms in total. The molecule has 118 valence electrons. The molecule has 1 unspecified atom stereocenters. The first-order chi connectivity index (χ1) is 10.0. The number of nitrogens with two attached hydrogens (primary N) is 1. The SMILES string of the molecule is CC(CN)(NC(=O)c1cc2ccccc2c(=O)[nH]1)C1CC1.Cl. The number of hydrogen-bond acceptors (Lipinski definition) is 3. The van der Waals surface area contributed by atoms with E-state index in [0.717, 1.165) is 18.2 Å². The third-order valence-corrected chi connectivity index (χ3v) is 4.30. The van der Waals surface area contributed by atoms with Gasteiger partial charge in [-0.05, 0) is 43.2 Å². The number of halogens is 1. The second-order valence-electron chi connectivity index (χ2n) is 5.95. The molecular weight excluding hydrogens is 302 g/mol. The van der Waals surface area contributed by atoms with Crippen LogP contribution in [0, 0.1) is 5.92 Å². The summed E-state index contributed by atoms with van der Waals surface area (Å²) in [4.78, 5) is 27.1. The first-order valence-corrected chi connectivity index (χ1v) is 7.18. The largest absolute Gasteiger partial charge is 0.344 e. The fraction of sp³-hybridized carbons (Fsp3) is 0.375. The van der Waals surface area contributed by atoms with Crippen molar-refractivity contribution in [2.75, 3.05) is 6.54 Å². The topological polar surface area (TPSA) is 88.0 Å². The molecule has 1 fully saturated rings. The standard InChI is InChI=1S/C16H19N3O2.ClH/c1-16(9-17,11-6-7-11)19-15(21)13-8-10-4-2-3-5-12(10)14(20)18-13;/h2-5,8,11H,6-7,9,17H2,1H3,(H,18,20)(H,19,21);1H. The van der Waals surface area contributed by atoms with Crippen LogP contribution in [0.1, 0.15) is 30.3 Å². The van der Waals surface area contributed by atoms with Crippen molar-refractivity contribution in [1.82, 2.24) is 10.3 Å². The van der Waals surface area contributed by atoms with E-state index in [1.165, 1.54) is 0 Å². The Morgan fingerprint density at radius 3 is 2.73 bits per heavy atom. The highest BCUT2D eigenvalue weighted by atomic mass is 35.5. The van der Waals surface area contributed by atoms with Crippen LogP contribution in [0.2, 0.25) is 0 Å². The Labute approximate surface area is 134 Å². The lowest BCUT2D eigenvalue weighted by Crippen LogP contribution is -2.53. The molecule has 1 aromatic carbocycles.